The molecule has 6 aromatic rings. The maximum absolute atomic E-state index is 13.5. The smallest absolute Gasteiger partial charge is 0.349 e. The highest BCUT2D eigenvalue weighted by molar-refractivity contribution is 9.10. The minimum atomic E-state index is -1.21. The highest BCUT2D eigenvalue weighted by Crippen LogP contribution is 2.21. The van der Waals surface area contributed by atoms with E-state index in [4.69, 9.17) is 37.9 Å². The van der Waals surface area contributed by atoms with Gasteiger partial charge in [-0.2, -0.15) is 0 Å². The lowest BCUT2D eigenvalue weighted by molar-refractivity contribution is -0.129. The number of nitrogens with two attached hydrogens (primary N) is 1. The average Bonchev–Trinajstić information content (AvgIpc) is 3.31. The molecular weight excluding hydrogens is 753 g/mol. The van der Waals surface area contributed by atoms with Crippen LogP contribution in [0, 0.1) is 0 Å². The lowest BCUT2D eigenvalue weighted by Crippen LogP contribution is -2.47. The number of hydrazine groups is 2. The van der Waals surface area contributed by atoms with Crippen LogP contribution in [0.1, 0.15) is 20.7 Å². The summed E-state index contributed by atoms with van der Waals surface area (Å²) in [5.74, 6) is 1.55. The molecule has 4 N–H and O–H groups in total. The first kappa shape index (κ1) is 33.3. The fraction of sp³-hybridized carbons (Fsp3) is 0.0667. The van der Waals surface area contributed by atoms with E-state index < -0.39 is 64.8 Å². The van der Waals surface area contributed by atoms with Gasteiger partial charge in [0, 0.05) is 31.5 Å². The second kappa shape index (κ2) is 13.1. The first-order valence-corrected chi connectivity index (χ1v) is 15.3. The summed E-state index contributed by atoms with van der Waals surface area (Å²) < 4.78 is 12.5. The first-order chi connectivity index (χ1) is 23.3. The van der Waals surface area contributed by atoms with Crippen LogP contribution in [-0.4, -0.2) is 42.8 Å². The van der Waals surface area contributed by atoms with Gasteiger partial charge in [0.15, 0.2) is 5.65 Å². The molecule has 0 fully saturated rings. The SMILES string of the molecule is NN(C(=O)Cn1c(=O)n(CC(=O)NNC(=O)c2cc3cc(Cl)ccc3oc2=O)c2ncc(Br)cc21)C(=O)c1cc2cc(Cl)ccc2oc1=O. The molecule has 248 valence electrons. The highest BCUT2D eigenvalue weighted by atomic mass is 79.9. The standard InChI is InChI=1S/C30H18BrCl2N7O9/c31-15-9-20-25(35-10-15)39(11-23(41)36-37-26(43)18-7-13-5-16(32)1-3-21(13)48-28(18)45)30(47)38(20)12-24(42)40(34)27(44)19-8-14-6-17(33)2-4-22(14)49-29(19)46/h1-10H,11-12,34H2,(H,36,41)(H,37,43). The van der Waals surface area contributed by atoms with Gasteiger partial charge in [-0.3, -0.25) is 39.2 Å². The van der Waals surface area contributed by atoms with Crippen molar-refractivity contribution in [1.82, 2.24) is 30.0 Å². The van der Waals surface area contributed by atoms with Crippen molar-refractivity contribution in [2.45, 2.75) is 13.1 Å². The molecule has 0 aliphatic heterocycles. The zero-order valence-corrected chi connectivity index (χ0v) is 27.5. The number of carbonyl (C=O) groups excluding carboxylic acids is 4. The van der Waals surface area contributed by atoms with Crippen LogP contribution in [0.25, 0.3) is 33.1 Å². The number of rotatable bonds is 6. The van der Waals surface area contributed by atoms with E-state index in [1.54, 1.807) is 0 Å². The fourth-order valence-electron chi connectivity index (χ4n) is 4.79. The Bertz CT molecular complexity index is 2580. The Morgan fingerprint density at radius 3 is 2.04 bits per heavy atom. The van der Waals surface area contributed by atoms with Crippen molar-refractivity contribution in [1.29, 1.82) is 0 Å². The molecule has 4 amide bonds. The normalized spacial score (nSPS) is 11.2. The van der Waals surface area contributed by atoms with Gasteiger partial charge in [0.05, 0.1) is 5.52 Å². The molecule has 49 heavy (non-hydrogen) atoms. The van der Waals surface area contributed by atoms with Gasteiger partial charge >= 0.3 is 16.9 Å². The molecule has 0 radical (unpaired) electrons. The van der Waals surface area contributed by atoms with Crippen molar-refractivity contribution < 1.29 is 28.0 Å². The number of hydrogen-bond acceptors (Lipinski definition) is 11. The number of carbonyl (C=O) groups is 4. The summed E-state index contributed by atoms with van der Waals surface area (Å²) in [6, 6.07) is 12.6. The summed E-state index contributed by atoms with van der Waals surface area (Å²) in [7, 11) is 0. The van der Waals surface area contributed by atoms with E-state index >= 15 is 0 Å². The molecule has 6 rings (SSSR count). The minimum absolute atomic E-state index is 0.0449. The van der Waals surface area contributed by atoms with E-state index in [0.29, 0.717) is 25.3 Å². The van der Waals surface area contributed by atoms with Crippen LogP contribution >= 0.6 is 39.1 Å². The molecule has 4 heterocycles. The quantitative estimate of drug-likeness (QED) is 0.0966. The molecule has 0 saturated heterocycles. The second-order valence-corrected chi connectivity index (χ2v) is 12.1. The molecule has 16 nitrogen and oxygen atoms in total. The van der Waals surface area contributed by atoms with Crippen molar-refractivity contribution in [3.8, 4) is 0 Å². The van der Waals surface area contributed by atoms with Crippen molar-refractivity contribution in [2.24, 2.45) is 5.84 Å². The van der Waals surface area contributed by atoms with Crippen LogP contribution < -0.4 is 33.6 Å². The first-order valence-electron chi connectivity index (χ1n) is 13.7. The predicted octanol–water partition coefficient (Wildman–Crippen LogP) is 2.48. The Morgan fingerprint density at radius 1 is 0.816 bits per heavy atom. The molecule has 4 aromatic heterocycles. The molecular formula is C30H18BrCl2N7O9. The lowest BCUT2D eigenvalue weighted by atomic mass is 10.1. The predicted molar refractivity (Wildman–Crippen MR) is 178 cm³/mol. The van der Waals surface area contributed by atoms with E-state index in [2.05, 4.69) is 31.8 Å². The Hall–Kier alpha value is -5.62. The average molecular weight is 771 g/mol. The molecule has 0 bridgehead atoms. The number of imide groups is 1. The zero-order valence-electron chi connectivity index (χ0n) is 24.4. The molecule has 0 unspecified atom stereocenters. The van der Waals surface area contributed by atoms with Gasteiger partial charge in [0.1, 0.15) is 35.4 Å². The Labute approximate surface area is 289 Å². The third-order valence-electron chi connectivity index (χ3n) is 7.08. The maximum atomic E-state index is 13.5. The number of benzene rings is 2. The number of pyridine rings is 1. The number of nitrogens with one attached hydrogen (secondary N) is 2. The van der Waals surface area contributed by atoms with Gasteiger partial charge in [-0.15, -0.1) is 0 Å². The summed E-state index contributed by atoms with van der Waals surface area (Å²) in [6.45, 7) is -1.52. The van der Waals surface area contributed by atoms with Gasteiger partial charge in [-0.1, -0.05) is 23.2 Å². The number of imidazole rings is 1. The topological polar surface area (TPSA) is 222 Å². The van der Waals surface area contributed by atoms with Crippen molar-refractivity contribution in [3.05, 3.63) is 118 Å². The maximum Gasteiger partial charge on any atom is 0.349 e. The summed E-state index contributed by atoms with van der Waals surface area (Å²) in [5.41, 5.74) is 0.601. The van der Waals surface area contributed by atoms with E-state index in [9.17, 15) is 33.6 Å². The zero-order chi connectivity index (χ0) is 35.1. The van der Waals surface area contributed by atoms with Crippen LogP contribution in [0.2, 0.25) is 10.0 Å². The molecule has 0 atom stereocenters. The van der Waals surface area contributed by atoms with Crippen LogP contribution in [0.15, 0.2) is 88.5 Å². The van der Waals surface area contributed by atoms with Gasteiger partial charge in [-0.25, -0.2) is 30.2 Å². The third kappa shape index (κ3) is 6.59. The number of aromatic nitrogens is 3. The molecule has 0 saturated carbocycles. The van der Waals surface area contributed by atoms with Crippen LogP contribution in [0.5, 0.6) is 0 Å². The van der Waals surface area contributed by atoms with E-state index in [-0.39, 0.29) is 27.3 Å². The third-order valence-corrected chi connectivity index (χ3v) is 7.99. The van der Waals surface area contributed by atoms with Crippen molar-refractivity contribution >= 4 is 95.9 Å². The monoisotopic (exact) mass is 769 g/mol. The molecule has 2 aromatic carbocycles. The summed E-state index contributed by atoms with van der Waals surface area (Å²) in [5, 5.41) is 1.45. The molecule has 19 heteroatoms. The van der Waals surface area contributed by atoms with Crippen LogP contribution in [0.4, 0.5) is 0 Å². The number of hydrogen-bond donors (Lipinski definition) is 3. The minimum Gasteiger partial charge on any atom is -0.422 e. The van der Waals surface area contributed by atoms with Crippen molar-refractivity contribution in [2.75, 3.05) is 0 Å². The van der Waals surface area contributed by atoms with Gasteiger partial charge in [-0.05, 0) is 70.5 Å². The summed E-state index contributed by atoms with van der Waals surface area (Å²) in [6.07, 6.45) is 1.33. The Kier molecular flexibility index (Phi) is 8.91. The van der Waals surface area contributed by atoms with Crippen LogP contribution in [-0.2, 0) is 22.7 Å². The van der Waals surface area contributed by atoms with Gasteiger partial charge < -0.3 is 8.83 Å². The van der Waals surface area contributed by atoms with Crippen molar-refractivity contribution in [3.63, 3.8) is 0 Å². The van der Waals surface area contributed by atoms with E-state index in [0.717, 1.165) is 9.13 Å². The Balaban J connectivity index is 1.21. The largest absolute Gasteiger partial charge is 0.422 e. The molecule has 0 aliphatic rings. The number of nitrogens with zero attached hydrogens (tertiary/aromatic N) is 4. The van der Waals surface area contributed by atoms with Gasteiger partial charge in [0.2, 0.25) is 0 Å². The lowest BCUT2D eigenvalue weighted by Gasteiger charge is -2.15. The van der Waals surface area contributed by atoms with E-state index in [1.807, 2.05) is 0 Å². The second-order valence-electron chi connectivity index (χ2n) is 10.3. The highest BCUT2D eigenvalue weighted by Gasteiger charge is 2.27. The fourth-order valence-corrected chi connectivity index (χ4v) is 5.47. The molecule has 0 spiro atoms. The van der Waals surface area contributed by atoms with Gasteiger partial charge in [0.25, 0.3) is 23.6 Å². The number of fused-ring (bicyclic) bond motifs is 3. The number of halogens is 3. The summed E-state index contributed by atoms with van der Waals surface area (Å²) in [4.78, 5) is 94.3. The van der Waals surface area contributed by atoms with E-state index in [1.165, 1.54) is 60.8 Å². The number of amides is 4. The molecule has 0 aliphatic carbocycles. The summed E-state index contributed by atoms with van der Waals surface area (Å²) >= 11 is 15.2. The Morgan fingerprint density at radius 2 is 1.41 bits per heavy atom. The van der Waals surface area contributed by atoms with Crippen LogP contribution in [0.3, 0.4) is 0 Å².